The van der Waals surface area contributed by atoms with Crippen molar-refractivity contribution in [2.75, 3.05) is 13.1 Å². The van der Waals surface area contributed by atoms with Crippen LogP contribution in [0.25, 0.3) is 0 Å². The molecule has 6 nitrogen and oxygen atoms in total. The number of rotatable bonds is 4. The first kappa shape index (κ1) is 16.0. The summed E-state index contributed by atoms with van der Waals surface area (Å²) in [4.78, 5) is 29.2. The monoisotopic (exact) mass is 326 g/mol. The average molecular weight is 326 g/mol. The van der Waals surface area contributed by atoms with Gasteiger partial charge in [-0.15, -0.1) is 0 Å². The second kappa shape index (κ2) is 7.12. The number of benzene rings is 1. The Balaban J connectivity index is 1.66. The molecule has 0 unspecified atom stereocenters. The standard InChI is InChI=1S/C18H18N2O4/c21-17(22)16-11-20(10-15(16)14-6-8-19-9-7-14)18(23)24-12-13-4-2-1-3-5-13/h1-9,15-16H,10-12H2,(H,21,22)/t15-,16+/m0/s1. The van der Waals surface area contributed by atoms with E-state index in [9.17, 15) is 14.7 Å². The number of carboxylic acid groups (broad SMARTS) is 1. The number of aliphatic carboxylic acids is 1. The summed E-state index contributed by atoms with van der Waals surface area (Å²) in [7, 11) is 0. The number of carboxylic acids is 1. The van der Waals surface area contributed by atoms with Crippen LogP contribution in [0, 0.1) is 5.92 Å². The first-order chi connectivity index (χ1) is 11.6. The summed E-state index contributed by atoms with van der Waals surface area (Å²) in [5.74, 6) is -1.80. The molecule has 0 aliphatic carbocycles. The minimum absolute atomic E-state index is 0.149. The highest BCUT2D eigenvalue weighted by Gasteiger charge is 2.41. The second-order valence-electron chi connectivity index (χ2n) is 5.78. The third kappa shape index (κ3) is 3.53. The number of ether oxygens (including phenoxy) is 1. The van der Waals surface area contributed by atoms with Crippen molar-refractivity contribution in [3.05, 3.63) is 66.0 Å². The Morgan fingerprint density at radius 1 is 1.12 bits per heavy atom. The molecule has 1 aromatic carbocycles. The van der Waals surface area contributed by atoms with Crippen LogP contribution < -0.4 is 0 Å². The van der Waals surface area contributed by atoms with Gasteiger partial charge in [0.05, 0.1) is 5.92 Å². The number of likely N-dealkylation sites (tertiary alicyclic amines) is 1. The van der Waals surface area contributed by atoms with E-state index in [2.05, 4.69) is 4.98 Å². The van der Waals surface area contributed by atoms with Crippen molar-refractivity contribution in [1.82, 2.24) is 9.88 Å². The number of hydrogen-bond acceptors (Lipinski definition) is 4. The zero-order valence-electron chi connectivity index (χ0n) is 13.0. The lowest BCUT2D eigenvalue weighted by atomic mass is 9.90. The van der Waals surface area contributed by atoms with Gasteiger partial charge in [-0.25, -0.2) is 4.79 Å². The smallest absolute Gasteiger partial charge is 0.410 e. The predicted octanol–water partition coefficient (Wildman–Crippen LogP) is 2.52. The fourth-order valence-electron chi connectivity index (χ4n) is 2.96. The Bertz CT molecular complexity index is 705. The molecule has 0 bridgehead atoms. The van der Waals surface area contributed by atoms with E-state index in [1.165, 1.54) is 4.90 Å². The molecule has 2 aromatic rings. The van der Waals surface area contributed by atoms with E-state index in [1.54, 1.807) is 24.5 Å². The van der Waals surface area contributed by atoms with Gasteiger partial charge in [0.1, 0.15) is 6.61 Å². The Morgan fingerprint density at radius 3 is 2.50 bits per heavy atom. The van der Waals surface area contributed by atoms with Crippen LogP contribution in [-0.4, -0.2) is 40.1 Å². The molecule has 24 heavy (non-hydrogen) atoms. The van der Waals surface area contributed by atoms with Crippen LogP contribution in [0.3, 0.4) is 0 Å². The van der Waals surface area contributed by atoms with Crippen LogP contribution in [0.15, 0.2) is 54.9 Å². The van der Waals surface area contributed by atoms with Crippen LogP contribution in [-0.2, 0) is 16.1 Å². The maximum atomic E-state index is 12.3. The molecule has 124 valence electrons. The lowest BCUT2D eigenvalue weighted by Crippen LogP contribution is -2.30. The summed E-state index contributed by atoms with van der Waals surface area (Å²) >= 11 is 0. The molecule has 0 saturated carbocycles. The number of carbonyl (C=O) groups excluding carboxylic acids is 1. The summed E-state index contributed by atoms with van der Waals surface area (Å²) in [6, 6.07) is 13.0. The molecule has 1 amide bonds. The van der Waals surface area contributed by atoms with Crippen molar-refractivity contribution in [2.24, 2.45) is 5.92 Å². The van der Waals surface area contributed by atoms with Crippen molar-refractivity contribution in [3.8, 4) is 0 Å². The minimum atomic E-state index is -0.907. The van der Waals surface area contributed by atoms with Crippen LogP contribution in [0.4, 0.5) is 4.79 Å². The van der Waals surface area contributed by atoms with Gasteiger partial charge in [0.2, 0.25) is 0 Å². The minimum Gasteiger partial charge on any atom is -0.481 e. The van der Waals surface area contributed by atoms with E-state index in [-0.39, 0.29) is 19.1 Å². The molecule has 6 heteroatoms. The largest absolute Gasteiger partial charge is 0.481 e. The molecule has 1 aromatic heterocycles. The Kier molecular flexibility index (Phi) is 4.74. The van der Waals surface area contributed by atoms with E-state index >= 15 is 0 Å². The van der Waals surface area contributed by atoms with E-state index in [1.807, 2.05) is 30.3 Å². The summed E-state index contributed by atoms with van der Waals surface area (Å²) in [6.07, 6.45) is 2.77. The van der Waals surface area contributed by atoms with Crippen molar-refractivity contribution >= 4 is 12.1 Å². The maximum Gasteiger partial charge on any atom is 0.410 e. The number of carbonyl (C=O) groups is 2. The van der Waals surface area contributed by atoms with Crippen molar-refractivity contribution in [2.45, 2.75) is 12.5 Å². The lowest BCUT2D eigenvalue weighted by Gasteiger charge is -2.16. The van der Waals surface area contributed by atoms with Crippen molar-refractivity contribution < 1.29 is 19.4 Å². The third-order valence-corrected chi connectivity index (χ3v) is 4.23. The zero-order chi connectivity index (χ0) is 16.9. The van der Waals surface area contributed by atoms with Gasteiger partial charge >= 0.3 is 12.1 Å². The molecule has 0 radical (unpaired) electrons. The molecular formula is C18H18N2O4. The lowest BCUT2D eigenvalue weighted by molar-refractivity contribution is -0.141. The highest BCUT2D eigenvalue weighted by molar-refractivity contribution is 5.75. The number of aromatic nitrogens is 1. The zero-order valence-corrected chi connectivity index (χ0v) is 13.0. The summed E-state index contributed by atoms with van der Waals surface area (Å²) in [5, 5.41) is 9.46. The SMILES string of the molecule is O=C(O)[C@@H]1CN(C(=O)OCc2ccccc2)C[C@H]1c1ccncc1. The normalized spacial score (nSPS) is 19.9. The average Bonchev–Trinajstić information content (AvgIpc) is 3.07. The Labute approximate surface area is 139 Å². The van der Waals surface area contributed by atoms with E-state index in [0.717, 1.165) is 11.1 Å². The highest BCUT2D eigenvalue weighted by atomic mass is 16.6. The van der Waals surface area contributed by atoms with Crippen LogP contribution in [0.5, 0.6) is 0 Å². The van der Waals surface area contributed by atoms with Crippen LogP contribution in [0.1, 0.15) is 17.0 Å². The van der Waals surface area contributed by atoms with Crippen molar-refractivity contribution in [3.63, 3.8) is 0 Å². The van der Waals surface area contributed by atoms with Gasteiger partial charge in [0, 0.05) is 31.4 Å². The van der Waals surface area contributed by atoms with Gasteiger partial charge in [-0.1, -0.05) is 30.3 Å². The summed E-state index contributed by atoms with van der Waals surface area (Å²) in [6.45, 7) is 0.651. The molecule has 1 saturated heterocycles. The predicted molar refractivity (Wildman–Crippen MR) is 86.3 cm³/mol. The third-order valence-electron chi connectivity index (χ3n) is 4.23. The fraction of sp³-hybridized carbons (Fsp3) is 0.278. The Hall–Kier alpha value is -2.89. The molecule has 0 spiro atoms. The van der Waals surface area contributed by atoms with Gasteiger partial charge in [-0.05, 0) is 23.3 Å². The summed E-state index contributed by atoms with van der Waals surface area (Å²) < 4.78 is 5.31. The molecule has 1 aliphatic heterocycles. The first-order valence-electron chi connectivity index (χ1n) is 7.73. The topological polar surface area (TPSA) is 79.7 Å². The Morgan fingerprint density at radius 2 is 1.83 bits per heavy atom. The maximum absolute atomic E-state index is 12.3. The van der Waals surface area contributed by atoms with Gasteiger partial charge in [-0.3, -0.25) is 9.78 Å². The molecule has 2 atom stereocenters. The quantitative estimate of drug-likeness (QED) is 0.934. The number of hydrogen-bond donors (Lipinski definition) is 1. The molecule has 2 heterocycles. The van der Waals surface area contributed by atoms with Crippen LogP contribution >= 0.6 is 0 Å². The molecule has 1 aliphatic rings. The first-order valence-corrected chi connectivity index (χ1v) is 7.73. The second-order valence-corrected chi connectivity index (χ2v) is 5.78. The number of nitrogens with zero attached hydrogens (tertiary/aromatic N) is 2. The van der Waals surface area contributed by atoms with Gasteiger partial charge in [0.25, 0.3) is 0 Å². The molecule has 3 rings (SSSR count). The molecular weight excluding hydrogens is 308 g/mol. The van der Waals surface area contributed by atoms with E-state index in [4.69, 9.17) is 4.74 Å². The molecule has 1 fully saturated rings. The van der Waals surface area contributed by atoms with Crippen LogP contribution in [0.2, 0.25) is 0 Å². The van der Waals surface area contributed by atoms with Crippen molar-refractivity contribution in [1.29, 1.82) is 0 Å². The van der Waals surface area contributed by atoms with Gasteiger partial charge in [-0.2, -0.15) is 0 Å². The number of pyridine rings is 1. The van der Waals surface area contributed by atoms with E-state index < -0.39 is 18.0 Å². The van der Waals surface area contributed by atoms with Gasteiger partial charge < -0.3 is 14.7 Å². The fourth-order valence-corrected chi connectivity index (χ4v) is 2.96. The number of amides is 1. The highest BCUT2D eigenvalue weighted by Crippen LogP contribution is 2.33. The van der Waals surface area contributed by atoms with Gasteiger partial charge in [0.15, 0.2) is 0 Å². The summed E-state index contributed by atoms with van der Waals surface area (Å²) in [5.41, 5.74) is 1.77. The van der Waals surface area contributed by atoms with E-state index in [0.29, 0.717) is 6.54 Å². The molecule has 1 N–H and O–H groups in total.